The molecule has 3 aromatic rings. The highest BCUT2D eigenvalue weighted by molar-refractivity contribution is 7.81. The number of phenols is 1. The summed E-state index contributed by atoms with van der Waals surface area (Å²) in [6.45, 7) is 5.44. The Labute approximate surface area is 162 Å². The first-order chi connectivity index (χ1) is 12.7. The zero-order valence-corrected chi connectivity index (χ0v) is 16.1. The number of aromatic hydroxyl groups is 1. The minimum atomic E-state index is -0.669. The van der Waals surface area contributed by atoms with Crippen LogP contribution in [0.4, 0.5) is 10.1 Å². The Hall–Kier alpha value is -2.80. The zero-order chi connectivity index (χ0) is 19.8. The molecule has 1 aromatic heterocycles. The number of halogens is 1. The van der Waals surface area contributed by atoms with Crippen LogP contribution in [-0.4, -0.2) is 20.8 Å². The standard InChI is InChI=1S/C20H20FN3O2S/c1-12-10-15(8-9-17(12)25)23-19(26)16-11-22-24(20(2,3)27)18(16)13-4-6-14(21)7-5-13/h4-11,25,27H,1-3H3,(H,23,26). The Bertz CT molecular complexity index is 991. The first kappa shape index (κ1) is 19.0. The molecule has 5 nitrogen and oxygen atoms in total. The number of benzene rings is 2. The maximum absolute atomic E-state index is 13.3. The molecule has 2 N–H and O–H groups in total. The van der Waals surface area contributed by atoms with Crippen molar-refractivity contribution in [2.75, 3.05) is 5.32 Å². The number of hydrogen-bond acceptors (Lipinski definition) is 4. The lowest BCUT2D eigenvalue weighted by molar-refractivity contribution is 0.102. The van der Waals surface area contributed by atoms with Gasteiger partial charge in [-0.1, -0.05) is 0 Å². The van der Waals surface area contributed by atoms with E-state index < -0.39 is 4.87 Å². The van der Waals surface area contributed by atoms with Crippen molar-refractivity contribution in [3.05, 3.63) is 65.6 Å². The summed E-state index contributed by atoms with van der Waals surface area (Å²) < 4.78 is 15.0. The number of rotatable bonds is 4. The average molecular weight is 385 g/mol. The van der Waals surface area contributed by atoms with Gasteiger partial charge in [0.15, 0.2) is 0 Å². The fourth-order valence-corrected chi connectivity index (χ4v) is 2.90. The van der Waals surface area contributed by atoms with Gasteiger partial charge >= 0.3 is 0 Å². The molecule has 0 atom stereocenters. The molecule has 0 fully saturated rings. The van der Waals surface area contributed by atoms with Crippen LogP contribution >= 0.6 is 12.6 Å². The molecule has 140 valence electrons. The molecule has 0 bridgehead atoms. The van der Waals surface area contributed by atoms with E-state index in [1.54, 1.807) is 35.9 Å². The molecule has 7 heteroatoms. The van der Waals surface area contributed by atoms with Crippen LogP contribution in [0.15, 0.2) is 48.7 Å². The van der Waals surface area contributed by atoms with Crippen molar-refractivity contribution in [2.24, 2.45) is 0 Å². The van der Waals surface area contributed by atoms with Gasteiger partial charge in [0.1, 0.15) is 11.6 Å². The molecule has 0 unspecified atom stereocenters. The molecule has 3 rings (SSSR count). The molecule has 0 aliphatic rings. The Kier molecular flexibility index (Phi) is 4.97. The van der Waals surface area contributed by atoms with Crippen LogP contribution in [0.2, 0.25) is 0 Å². The van der Waals surface area contributed by atoms with E-state index in [1.165, 1.54) is 24.4 Å². The van der Waals surface area contributed by atoms with Gasteiger partial charge in [-0.3, -0.25) is 4.79 Å². The van der Waals surface area contributed by atoms with Crippen molar-refractivity contribution < 1.29 is 14.3 Å². The summed E-state index contributed by atoms with van der Waals surface area (Å²) in [5.41, 5.74) is 2.75. The number of anilines is 1. The quantitative estimate of drug-likeness (QED) is 0.455. The molecule has 1 amide bonds. The summed E-state index contributed by atoms with van der Waals surface area (Å²) in [6.07, 6.45) is 1.47. The second-order valence-electron chi connectivity index (χ2n) is 6.78. The monoisotopic (exact) mass is 385 g/mol. The number of thiol groups is 1. The fraction of sp³-hybridized carbons (Fsp3) is 0.200. The SMILES string of the molecule is Cc1cc(NC(=O)c2cnn(C(C)(C)S)c2-c2ccc(F)cc2)ccc1O. The third kappa shape index (κ3) is 3.98. The van der Waals surface area contributed by atoms with Gasteiger partial charge in [0.05, 0.1) is 22.3 Å². The van der Waals surface area contributed by atoms with Gasteiger partial charge in [0, 0.05) is 11.3 Å². The Morgan fingerprint density at radius 2 is 1.89 bits per heavy atom. The van der Waals surface area contributed by atoms with Gasteiger partial charge in [0.2, 0.25) is 0 Å². The molecule has 0 radical (unpaired) electrons. The van der Waals surface area contributed by atoms with Crippen LogP contribution in [0.1, 0.15) is 29.8 Å². The van der Waals surface area contributed by atoms with Gasteiger partial charge in [-0.15, -0.1) is 12.6 Å². The predicted octanol–water partition coefficient (Wildman–Crippen LogP) is 4.58. The van der Waals surface area contributed by atoms with E-state index in [1.807, 2.05) is 13.8 Å². The number of hydrogen-bond donors (Lipinski definition) is 3. The third-order valence-electron chi connectivity index (χ3n) is 4.10. The van der Waals surface area contributed by atoms with Gasteiger partial charge < -0.3 is 10.4 Å². The lowest BCUT2D eigenvalue weighted by atomic mass is 10.1. The minimum Gasteiger partial charge on any atom is -0.508 e. The van der Waals surface area contributed by atoms with E-state index in [0.29, 0.717) is 28.1 Å². The third-order valence-corrected chi connectivity index (χ3v) is 4.29. The molecule has 0 saturated heterocycles. The number of aryl methyl sites for hydroxylation is 1. The molecular weight excluding hydrogens is 365 g/mol. The minimum absolute atomic E-state index is 0.157. The topological polar surface area (TPSA) is 67.2 Å². The van der Waals surface area contributed by atoms with Crippen molar-refractivity contribution in [2.45, 2.75) is 25.6 Å². The molecule has 0 aliphatic carbocycles. The molecule has 2 aromatic carbocycles. The van der Waals surface area contributed by atoms with Crippen molar-refractivity contribution in [3.8, 4) is 17.0 Å². The van der Waals surface area contributed by atoms with Gasteiger partial charge in [0.25, 0.3) is 5.91 Å². The number of phenolic OH excluding ortho intramolecular Hbond substituents is 1. The summed E-state index contributed by atoms with van der Waals surface area (Å²) in [5.74, 6) is -0.562. The van der Waals surface area contributed by atoms with Crippen molar-refractivity contribution >= 4 is 24.2 Å². The van der Waals surface area contributed by atoms with Crippen LogP contribution in [0, 0.1) is 12.7 Å². The Balaban J connectivity index is 2.04. The summed E-state index contributed by atoms with van der Waals surface area (Å²) in [7, 11) is 0. The van der Waals surface area contributed by atoms with E-state index in [9.17, 15) is 14.3 Å². The van der Waals surface area contributed by atoms with Crippen LogP contribution in [0.25, 0.3) is 11.3 Å². The lowest BCUT2D eigenvalue weighted by Crippen LogP contribution is -2.22. The summed E-state index contributed by atoms with van der Waals surface area (Å²) >= 11 is 4.56. The number of carbonyl (C=O) groups is 1. The van der Waals surface area contributed by atoms with E-state index in [-0.39, 0.29) is 17.5 Å². The average Bonchev–Trinajstić information content (AvgIpc) is 3.04. The predicted molar refractivity (Wildman–Crippen MR) is 107 cm³/mol. The molecule has 1 heterocycles. The largest absolute Gasteiger partial charge is 0.508 e. The summed E-state index contributed by atoms with van der Waals surface area (Å²) in [4.78, 5) is 12.2. The van der Waals surface area contributed by atoms with Crippen molar-refractivity contribution in [3.63, 3.8) is 0 Å². The molecule has 0 aliphatic heterocycles. The smallest absolute Gasteiger partial charge is 0.259 e. The second kappa shape index (κ2) is 7.08. The van der Waals surface area contributed by atoms with Gasteiger partial charge in [-0.2, -0.15) is 5.10 Å². The number of carbonyl (C=O) groups excluding carboxylic acids is 1. The van der Waals surface area contributed by atoms with Crippen LogP contribution < -0.4 is 5.32 Å². The zero-order valence-electron chi connectivity index (χ0n) is 15.2. The van der Waals surface area contributed by atoms with Crippen LogP contribution in [-0.2, 0) is 4.87 Å². The highest BCUT2D eigenvalue weighted by atomic mass is 32.1. The van der Waals surface area contributed by atoms with Crippen molar-refractivity contribution in [1.82, 2.24) is 9.78 Å². The number of nitrogens with one attached hydrogen (secondary N) is 1. The Morgan fingerprint density at radius 3 is 2.48 bits per heavy atom. The lowest BCUT2D eigenvalue weighted by Gasteiger charge is -2.22. The molecule has 0 saturated carbocycles. The first-order valence-electron chi connectivity index (χ1n) is 8.34. The number of aromatic nitrogens is 2. The number of amides is 1. The second-order valence-corrected chi connectivity index (χ2v) is 7.87. The van der Waals surface area contributed by atoms with E-state index in [2.05, 4.69) is 23.0 Å². The van der Waals surface area contributed by atoms with Crippen LogP contribution in [0.3, 0.4) is 0 Å². The fourth-order valence-electron chi connectivity index (χ4n) is 2.75. The van der Waals surface area contributed by atoms with Gasteiger partial charge in [-0.25, -0.2) is 9.07 Å². The van der Waals surface area contributed by atoms with Gasteiger partial charge in [-0.05, 0) is 68.8 Å². The summed E-state index contributed by atoms with van der Waals surface area (Å²) in [6, 6.07) is 10.7. The Morgan fingerprint density at radius 1 is 1.22 bits per heavy atom. The highest BCUT2D eigenvalue weighted by Crippen LogP contribution is 2.31. The number of nitrogens with zero attached hydrogens (tertiary/aromatic N) is 2. The summed E-state index contributed by atoms with van der Waals surface area (Å²) in [5, 5.41) is 16.8. The normalized spacial score (nSPS) is 11.4. The highest BCUT2D eigenvalue weighted by Gasteiger charge is 2.26. The molecular formula is C20H20FN3O2S. The molecule has 27 heavy (non-hydrogen) atoms. The first-order valence-corrected chi connectivity index (χ1v) is 8.79. The van der Waals surface area contributed by atoms with E-state index >= 15 is 0 Å². The maximum atomic E-state index is 13.3. The maximum Gasteiger partial charge on any atom is 0.259 e. The van der Waals surface area contributed by atoms with Crippen molar-refractivity contribution in [1.29, 1.82) is 0 Å². The van der Waals surface area contributed by atoms with E-state index in [4.69, 9.17) is 0 Å². The molecule has 0 spiro atoms. The van der Waals surface area contributed by atoms with Crippen LogP contribution in [0.5, 0.6) is 5.75 Å². The van der Waals surface area contributed by atoms with E-state index in [0.717, 1.165) is 0 Å².